The molecule has 0 unspecified atom stereocenters. The number of hydrazine groups is 1. The number of hydrogen-bond acceptors (Lipinski definition) is 4. The largest absolute Gasteiger partial charge is 0.491 e. The fraction of sp³-hybridized carbons (Fsp3) is 0.190. The van der Waals surface area contributed by atoms with E-state index in [0.717, 1.165) is 6.20 Å². The fourth-order valence-electron chi connectivity index (χ4n) is 2.80. The molecule has 0 saturated heterocycles. The number of nitrogens with one attached hydrogen (secondary N) is 2. The minimum Gasteiger partial charge on any atom is -0.491 e. The molecule has 0 fully saturated rings. The summed E-state index contributed by atoms with van der Waals surface area (Å²) in [6.45, 7) is 3.69. The number of nitrogens with zero attached hydrogens (tertiary/aromatic N) is 2. The normalized spacial score (nSPS) is 11.3. The van der Waals surface area contributed by atoms with Crippen LogP contribution < -0.4 is 15.6 Å². The number of aromatic nitrogens is 2. The van der Waals surface area contributed by atoms with E-state index in [-0.39, 0.29) is 22.4 Å². The molecule has 0 aliphatic heterocycles. The van der Waals surface area contributed by atoms with Crippen LogP contribution in [0.15, 0.2) is 54.7 Å². The van der Waals surface area contributed by atoms with E-state index >= 15 is 0 Å². The molecule has 1 heterocycles. The number of ether oxygens (including phenoxy) is 1. The van der Waals surface area contributed by atoms with Crippen LogP contribution in [-0.2, 0) is 6.18 Å². The fourth-order valence-corrected chi connectivity index (χ4v) is 2.99. The number of halogens is 4. The second-order valence-electron chi connectivity index (χ2n) is 6.90. The number of amides is 2. The Hall–Kier alpha value is -3.53. The molecule has 168 valence electrons. The maximum absolute atomic E-state index is 13.7. The van der Waals surface area contributed by atoms with Crippen LogP contribution in [0.5, 0.6) is 5.75 Å². The van der Waals surface area contributed by atoms with E-state index in [1.54, 1.807) is 12.1 Å². The molecule has 2 amide bonds. The van der Waals surface area contributed by atoms with Crippen molar-refractivity contribution < 1.29 is 27.5 Å². The zero-order chi connectivity index (χ0) is 23.5. The van der Waals surface area contributed by atoms with Crippen molar-refractivity contribution in [2.75, 3.05) is 0 Å². The van der Waals surface area contributed by atoms with Crippen molar-refractivity contribution in [2.24, 2.45) is 0 Å². The van der Waals surface area contributed by atoms with Gasteiger partial charge in [-0.15, -0.1) is 0 Å². The van der Waals surface area contributed by atoms with Crippen LogP contribution in [0.3, 0.4) is 0 Å². The highest BCUT2D eigenvalue weighted by Crippen LogP contribution is 2.34. The molecule has 0 spiro atoms. The molecule has 0 bridgehead atoms. The Morgan fingerprint density at radius 2 is 1.72 bits per heavy atom. The number of rotatable bonds is 5. The number of carbonyl (C=O) groups is 2. The Bertz CT molecular complexity index is 1130. The molecule has 2 aromatic carbocycles. The first kappa shape index (κ1) is 23.1. The molecule has 7 nitrogen and oxygen atoms in total. The summed E-state index contributed by atoms with van der Waals surface area (Å²) < 4.78 is 47.2. The Labute approximate surface area is 186 Å². The molecule has 0 radical (unpaired) electrons. The Kier molecular flexibility index (Phi) is 6.73. The first-order valence-corrected chi connectivity index (χ1v) is 9.72. The second kappa shape index (κ2) is 9.31. The number of alkyl halides is 3. The molecular weight excluding hydrogens is 449 g/mol. The van der Waals surface area contributed by atoms with Gasteiger partial charge in [0.1, 0.15) is 5.75 Å². The van der Waals surface area contributed by atoms with Crippen LogP contribution in [-0.4, -0.2) is 27.7 Å². The number of carbonyl (C=O) groups excluding carboxylic acids is 2. The van der Waals surface area contributed by atoms with E-state index in [1.807, 2.05) is 19.3 Å². The third kappa shape index (κ3) is 5.38. The van der Waals surface area contributed by atoms with Crippen LogP contribution in [0.4, 0.5) is 13.2 Å². The molecule has 0 aliphatic rings. The monoisotopic (exact) mass is 466 g/mol. The first-order valence-electron chi connectivity index (χ1n) is 9.35. The van der Waals surface area contributed by atoms with Gasteiger partial charge in [-0.3, -0.25) is 20.4 Å². The van der Waals surface area contributed by atoms with Crippen molar-refractivity contribution in [1.29, 1.82) is 0 Å². The summed E-state index contributed by atoms with van der Waals surface area (Å²) in [5.41, 5.74) is 2.20. The third-order valence-electron chi connectivity index (χ3n) is 4.11. The molecular formula is C21H18ClF3N4O3. The van der Waals surface area contributed by atoms with Gasteiger partial charge in [-0.25, -0.2) is 4.68 Å². The highest BCUT2D eigenvalue weighted by molar-refractivity contribution is 6.30. The Balaban J connectivity index is 1.77. The summed E-state index contributed by atoms with van der Waals surface area (Å²) >= 11 is 5.85. The van der Waals surface area contributed by atoms with Gasteiger partial charge in [0.25, 0.3) is 11.8 Å². The average molecular weight is 467 g/mol. The van der Waals surface area contributed by atoms with Crippen LogP contribution in [0.25, 0.3) is 5.69 Å². The Morgan fingerprint density at radius 1 is 1.06 bits per heavy atom. The van der Waals surface area contributed by atoms with Crippen molar-refractivity contribution in [2.45, 2.75) is 26.1 Å². The quantitative estimate of drug-likeness (QED) is 0.546. The van der Waals surface area contributed by atoms with Crippen LogP contribution >= 0.6 is 11.6 Å². The predicted molar refractivity (Wildman–Crippen MR) is 111 cm³/mol. The van der Waals surface area contributed by atoms with Crippen molar-refractivity contribution in [1.82, 2.24) is 20.6 Å². The molecule has 11 heteroatoms. The Morgan fingerprint density at radius 3 is 2.31 bits per heavy atom. The summed E-state index contributed by atoms with van der Waals surface area (Å²) in [7, 11) is 0. The van der Waals surface area contributed by atoms with E-state index in [2.05, 4.69) is 10.5 Å². The zero-order valence-corrected chi connectivity index (χ0v) is 17.7. The lowest BCUT2D eigenvalue weighted by Crippen LogP contribution is -2.42. The molecule has 1 aromatic heterocycles. The van der Waals surface area contributed by atoms with Gasteiger partial charge < -0.3 is 4.74 Å². The maximum Gasteiger partial charge on any atom is 0.434 e. The average Bonchev–Trinajstić information content (AvgIpc) is 3.18. The highest BCUT2D eigenvalue weighted by Gasteiger charge is 2.40. The lowest BCUT2D eigenvalue weighted by atomic mass is 10.2. The lowest BCUT2D eigenvalue weighted by molar-refractivity contribution is -0.143. The highest BCUT2D eigenvalue weighted by atomic mass is 35.5. The van der Waals surface area contributed by atoms with Gasteiger partial charge in [-0.2, -0.15) is 18.3 Å². The molecule has 2 N–H and O–H groups in total. The van der Waals surface area contributed by atoms with Gasteiger partial charge in [0.05, 0.1) is 23.6 Å². The molecule has 0 atom stereocenters. The smallest absolute Gasteiger partial charge is 0.434 e. The zero-order valence-electron chi connectivity index (χ0n) is 16.9. The summed E-state index contributed by atoms with van der Waals surface area (Å²) in [5.74, 6) is -1.35. The van der Waals surface area contributed by atoms with Gasteiger partial charge in [0.2, 0.25) is 0 Å². The summed E-state index contributed by atoms with van der Waals surface area (Å²) in [6, 6.07) is 11.6. The molecule has 3 rings (SSSR count). The predicted octanol–water partition coefficient (Wildman–Crippen LogP) is 4.41. The standard InChI is InChI=1S/C21H18ClF3N4O3/c1-12(2)32-16-8-6-13(7-9-16)19(30)27-28-20(31)17-11-26-29(18(17)21(23,24)25)15-5-3-4-14(22)10-15/h3-12H,1-2H3,(H,27,30)(H,28,31). The van der Waals surface area contributed by atoms with Crippen molar-refractivity contribution >= 4 is 23.4 Å². The number of hydrogen-bond donors (Lipinski definition) is 2. The van der Waals surface area contributed by atoms with E-state index < -0.39 is 29.2 Å². The summed E-state index contributed by atoms with van der Waals surface area (Å²) in [5, 5.41) is 3.89. The van der Waals surface area contributed by atoms with E-state index in [4.69, 9.17) is 16.3 Å². The number of benzene rings is 2. The van der Waals surface area contributed by atoms with Gasteiger partial charge in [0, 0.05) is 10.6 Å². The van der Waals surface area contributed by atoms with Crippen molar-refractivity contribution in [3.05, 3.63) is 76.6 Å². The van der Waals surface area contributed by atoms with E-state index in [9.17, 15) is 22.8 Å². The van der Waals surface area contributed by atoms with Gasteiger partial charge >= 0.3 is 6.18 Å². The van der Waals surface area contributed by atoms with Crippen LogP contribution in [0.1, 0.15) is 40.3 Å². The molecule has 3 aromatic rings. The van der Waals surface area contributed by atoms with E-state index in [0.29, 0.717) is 10.4 Å². The lowest BCUT2D eigenvalue weighted by Gasteiger charge is -2.13. The SMILES string of the molecule is CC(C)Oc1ccc(C(=O)NNC(=O)c2cnn(-c3cccc(Cl)c3)c2C(F)(F)F)cc1. The van der Waals surface area contributed by atoms with Crippen LogP contribution in [0.2, 0.25) is 5.02 Å². The minimum absolute atomic E-state index is 0.0246. The summed E-state index contributed by atoms with van der Waals surface area (Å²) in [6.07, 6.45) is -4.19. The van der Waals surface area contributed by atoms with Crippen molar-refractivity contribution in [3.8, 4) is 11.4 Å². The minimum atomic E-state index is -4.90. The summed E-state index contributed by atoms with van der Waals surface area (Å²) in [4.78, 5) is 24.6. The second-order valence-corrected chi connectivity index (χ2v) is 7.33. The molecule has 0 saturated carbocycles. The van der Waals surface area contributed by atoms with Gasteiger partial charge in [-0.05, 0) is 56.3 Å². The maximum atomic E-state index is 13.7. The van der Waals surface area contributed by atoms with E-state index in [1.165, 1.54) is 36.4 Å². The molecule has 0 aliphatic carbocycles. The van der Waals surface area contributed by atoms with Gasteiger partial charge in [0.15, 0.2) is 5.69 Å². The van der Waals surface area contributed by atoms with Gasteiger partial charge in [-0.1, -0.05) is 17.7 Å². The topological polar surface area (TPSA) is 85.2 Å². The molecule has 32 heavy (non-hydrogen) atoms. The van der Waals surface area contributed by atoms with Crippen molar-refractivity contribution in [3.63, 3.8) is 0 Å². The third-order valence-corrected chi connectivity index (χ3v) is 4.35. The van der Waals surface area contributed by atoms with Crippen LogP contribution in [0, 0.1) is 0 Å². The first-order chi connectivity index (χ1) is 15.1.